The first-order chi connectivity index (χ1) is 14.0. The molecule has 150 valence electrons. The third-order valence-corrected chi connectivity index (χ3v) is 6.85. The quantitative estimate of drug-likeness (QED) is 0.692. The van der Waals surface area contributed by atoms with E-state index < -0.39 is 16.8 Å². The summed E-state index contributed by atoms with van der Waals surface area (Å²) in [7, 11) is -1.02. The molecule has 29 heavy (non-hydrogen) atoms. The zero-order valence-electron chi connectivity index (χ0n) is 16.4. The van der Waals surface area contributed by atoms with Gasteiger partial charge in [0.05, 0.1) is 16.3 Å². The fourth-order valence-electron chi connectivity index (χ4n) is 3.80. The van der Waals surface area contributed by atoms with Gasteiger partial charge in [-0.05, 0) is 53.8 Å². The highest BCUT2D eigenvalue weighted by molar-refractivity contribution is 7.85. The molecule has 0 fully saturated rings. The minimum atomic E-state index is -1.02. The number of hydrogen-bond donors (Lipinski definition) is 1. The summed E-state index contributed by atoms with van der Waals surface area (Å²) in [6.45, 7) is 3.39. The molecule has 6 heteroatoms. The Morgan fingerprint density at radius 2 is 2.03 bits per heavy atom. The predicted octanol–water partition coefficient (Wildman–Crippen LogP) is 3.94. The van der Waals surface area contributed by atoms with E-state index in [0.717, 1.165) is 39.2 Å². The van der Waals surface area contributed by atoms with Gasteiger partial charge < -0.3 is 10.0 Å². The van der Waals surface area contributed by atoms with E-state index in [1.165, 1.54) is 5.56 Å². The van der Waals surface area contributed by atoms with Gasteiger partial charge in [-0.1, -0.05) is 31.2 Å². The number of anilines is 1. The molecule has 2 heterocycles. The van der Waals surface area contributed by atoms with E-state index in [0.29, 0.717) is 25.3 Å². The van der Waals surface area contributed by atoms with Crippen LogP contribution in [0.4, 0.5) is 5.82 Å². The number of carboxylic acid groups (broad SMARTS) is 1. The lowest BCUT2D eigenvalue weighted by Gasteiger charge is -2.23. The second-order valence-corrected chi connectivity index (χ2v) is 8.86. The third-order valence-electron chi connectivity index (χ3n) is 5.41. The molecule has 1 aliphatic rings. The van der Waals surface area contributed by atoms with Gasteiger partial charge >= 0.3 is 5.97 Å². The van der Waals surface area contributed by atoms with Gasteiger partial charge in [0.2, 0.25) is 0 Å². The molecule has 5 nitrogen and oxygen atoms in total. The van der Waals surface area contributed by atoms with Crippen LogP contribution < -0.4 is 4.90 Å². The molecule has 4 rings (SSSR count). The number of carbonyl (C=O) groups is 1. The minimum Gasteiger partial charge on any atom is -0.481 e. The number of carboxylic acids is 1. The molecule has 1 aliphatic heterocycles. The summed E-state index contributed by atoms with van der Waals surface area (Å²) in [5.74, 6) is 0.564. The fraction of sp³-hybridized carbons (Fsp3) is 0.304. The van der Waals surface area contributed by atoms with Gasteiger partial charge in [0.15, 0.2) is 0 Å². The SMILES string of the molecule is CCc1ccc2nc(N3CCS(=O)c4ccccc4C3)cc(CCC(=O)O)c2c1. The van der Waals surface area contributed by atoms with Crippen LogP contribution >= 0.6 is 0 Å². The largest absolute Gasteiger partial charge is 0.481 e. The molecule has 0 bridgehead atoms. The number of benzene rings is 2. The Kier molecular flexibility index (Phi) is 5.62. The van der Waals surface area contributed by atoms with Gasteiger partial charge in [-0.25, -0.2) is 4.98 Å². The predicted molar refractivity (Wildman–Crippen MR) is 116 cm³/mol. The Bertz CT molecular complexity index is 1100. The summed E-state index contributed by atoms with van der Waals surface area (Å²) in [4.78, 5) is 19.1. The lowest BCUT2D eigenvalue weighted by Crippen LogP contribution is -2.26. The maximum absolute atomic E-state index is 12.6. The van der Waals surface area contributed by atoms with Crippen LogP contribution in [-0.4, -0.2) is 32.6 Å². The van der Waals surface area contributed by atoms with E-state index in [1.807, 2.05) is 36.4 Å². The van der Waals surface area contributed by atoms with E-state index in [1.54, 1.807) is 0 Å². The Balaban J connectivity index is 1.77. The first-order valence-electron chi connectivity index (χ1n) is 9.90. The first-order valence-corrected chi connectivity index (χ1v) is 11.2. The molecular formula is C23H24N2O3S. The molecule has 0 amide bonds. The van der Waals surface area contributed by atoms with Gasteiger partial charge in [-0.2, -0.15) is 0 Å². The average Bonchev–Trinajstić information content (AvgIpc) is 2.90. The number of aryl methyl sites for hydroxylation is 2. The summed E-state index contributed by atoms with van der Waals surface area (Å²) in [5, 5.41) is 10.2. The van der Waals surface area contributed by atoms with Crippen LogP contribution in [0.25, 0.3) is 10.9 Å². The third kappa shape index (κ3) is 4.17. The number of fused-ring (bicyclic) bond motifs is 2. The second kappa shape index (κ2) is 8.33. The monoisotopic (exact) mass is 408 g/mol. The van der Waals surface area contributed by atoms with E-state index >= 15 is 0 Å². The molecule has 2 aromatic carbocycles. The maximum atomic E-state index is 12.6. The number of aromatic nitrogens is 1. The van der Waals surface area contributed by atoms with E-state index in [2.05, 4.69) is 24.0 Å². The summed E-state index contributed by atoms with van der Waals surface area (Å²) in [6, 6.07) is 16.1. The van der Waals surface area contributed by atoms with Crippen LogP contribution in [0.1, 0.15) is 30.0 Å². The fourth-order valence-corrected chi connectivity index (χ4v) is 5.06. The van der Waals surface area contributed by atoms with Crippen LogP contribution in [0, 0.1) is 0 Å². The number of hydrogen-bond acceptors (Lipinski definition) is 4. The number of aliphatic carboxylic acids is 1. The standard InChI is InChI=1S/C23H24N2O3S/c1-2-16-7-9-20-19(13-16)17(8-10-23(26)27)14-22(24-20)25-11-12-29(28)21-6-4-3-5-18(21)15-25/h3-7,9,13-14H,2,8,10-12,15H2,1H3,(H,26,27). The zero-order chi connectivity index (χ0) is 20.4. The summed E-state index contributed by atoms with van der Waals surface area (Å²) in [6.07, 6.45) is 1.47. The molecular weight excluding hydrogens is 384 g/mol. The van der Waals surface area contributed by atoms with Crippen molar-refractivity contribution in [2.75, 3.05) is 17.2 Å². The highest BCUT2D eigenvalue weighted by atomic mass is 32.2. The van der Waals surface area contributed by atoms with Crippen molar-refractivity contribution in [1.29, 1.82) is 0 Å². The number of pyridine rings is 1. The Hall–Kier alpha value is -2.73. The average molecular weight is 409 g/mol. The van der Waals surface area contributed by atoms with Crippen molar-refractivity contribution < 1.29 is 14.1 Å². The molecule has 0 radical (unpaired) electrons. The van der Waals surface area contributed by atoms with Crippen LogP contribution in [0.2, 0.25) is 0 Å². The second-order valence-electron chi connectivity index (χ2n) is 7.32. The van der Waals surface area contributed by atoms with Crippen molar-refractivity contribution in [3.63, 3.8) is 0 Å². The maximum Gasteiger partial charge on any atom is 0.303 e. The molecule has 3 aromatic rings. The zero-order valence-corrected chi connectivity index (χ0v) is 17.2. The van der Waals surface area contributed by atoms with Crippen molar-refractivity contribution in [1.82, 2.24) is 4.98 Å². The summed E-state index contributed by atoms with van der Waals surface area (Å²) in [5.41, 5.74) is 4.14. The van der Waals surface area contributed by atoms with Gasteiger partial charge in [0, 0.05) is 35.5 Å². The van der Waals surface area contributed by atoms with Crippen molar-refractivity contribution in [3.05, 3.63) is 65.2 Å². The van der Waals surface area contributed by atoms with E-state index in [4.69, 9.17) is 4.98 Å². The molecule has 1 atom stereocenters. The molecule has 1 unspecified atom stereocenters. The Morgan fingerprint density at radius 1 is 1.21 bits per heavy atom. The lowest BCUT2D eigenvalue weighted by atomic mass is 10.0. The number of nitrogens with zero attached hydrogens (tertiary/aromatic N) is 2. The molecule has 0 spiro atoms. The molecule has 0 saturated heterocycles. The minimum absolute atomic E-state index is 0.0851. The van der Waals surface area contributed by atoms with Crippen molar-refractivity contribution in [2.24, 2.45) is 0 Å². The van der Waals surface area contributed by atoms with Crippen LogP contribution in [-0.2, 0) is 35.0 Å². The van der Waals surface area contributed by atoms with Crippen molar-refractivity contribution in [2.45, 2.75) is 37.6 Å². The molecule has 1 N–H and O–H groups in total. The van der Waals surface area contributed by atoms with Gasteiger partial charge in [0.25, 0.3) is 0 Å². The topological polar surface area (TPSA) is 70.5 Å². The Labute approximate surface area is 172 Å². The molecule has 1 aromatic heterocycles. The summed E-state index contributed by atoms with van der Waals surface area (Å²) < 4.78 is 12.6. The van der Waals surface area contributed by atoms with Gasteiger partial charge in [0.1, 0.15) is 5.82 Å². The van der Waals surface area contributed by atoms with Gasteiger partial charge in [-0.3, -0.25) is 9.00 Å². The van der Waals surface area contributed by atoms with Crippen molar-refractivity contribution >= 4 is 33.5 Å². The van der Waals surface area contributed by atoms with Gasteiger partial charge in [-0.15, -0.1) is 0 Å². The highest BCUT2D eigenvalue weighted by Gasteiger charge is 2.21. The van der Waals surface area contributed by atoms with Crippen molar-refractivity contribution in [3.8, 4) is 0 Å². The molecule has 0 aliphatic carbocycles. The lowest BCUT2D eigenvalue weighted by molar-refractivity contribution is -0.136. The van der Waals surface area contributed by atoms with E-state index in [-0.39, 0.29) is 6.42 Å². The number of rotatable bonds is 5. The molecule has 0 saturated carbocycles. The highest BCUT2D eigenvalue weighted by Crippen LogP contribution is 2.28. The van der Waals surface area contributed by atoms with E-state index in [9.17, 15) is 14.1 Å². The first kappa shape index (κ1) is 19.6. The van der Waals surface area contributed by atoms with Crippen LogP contribution in [0.5, 0.6) is 0 Å². The van der Waals surface area contributed by atoms with Crippen LogP contribution in [0.3, 0.4) is 0 Å². The Morgan fingerprint density at radius 3 is 2.83 bits per heavy atom. The summed E-state index contributed by atoms with van der Waals surface area (Å²) >= 11 is 0. The smallest absolute Gasteiger partial charge is 0.303 e. The van der Waals surface area contributed by atoms with Crippen LogP contribution in [0.15, 0.2) is 53.4 Å². The normalized spacial score (nSPS) is 16.4.